The number of rotatable bonds is 6. The van der Waals surface area contributed by atoms with Gasteiger partial charge in [0.25, 0.3) is 0 Å². The lowest BCUT2D eigenvalue weighted by Crippen LogP contribution is -2.37. The van der Waals surface area contributed by atoms with Gasteiger partial charge in [0, 0.05) is 0 Å². The summed E-state index contributed by atoms with van der Waals surface area (Å²) in [7, 11) is 0. The molecule has 0 radical (unpaired) electrons. The minimum Gasteiger partial charge on any atom is -0.396 e. The topological polar surface area (TPSA) is 64.6 Å². The third-order valence-electron chi connectivity index (χ3n) is 4.33. The maximum atomic E-state index is 12.9. The Hall–Kier alpha value is -1.39. The van der Waals surface area contributed by atoms with Gasteiger partial charge < -0.3 is 4.52 Å². The first-order valence-electron chi connectivity index (χ1n) is 8.40. The molecule has 1 aliphatic rings. The van der Waals surface area contributed by atoms with Crippen molar-refractivity contribution < 1.29 is 18.7 Å². The number of nitrogens with one attached hydrogen (secondary N) is 1. The number of halogens is 1. The average Bonchev–Trinajstić information content (AvgIpc) is 3.12. The minimum absolute atomic E-state index is 0.108. The second kappa shape index (κ2) is 7.88. The van der Waals surface area contributed by atoms with Crippen LogP contribution >= 0.6 is 18.0 Å². The van der Waals surface area contributed by atoms with E-state index in [0.29, 0.717) is 10.7 Å². The molecule has 5 nitrogen and oxygen atoms in total. The van der Waals surface area contributed by atoms with Crippen molar-refractivity contribution in [2.75, 3.05) is 0 Å². The number of carbonyl (C=O) groups excluding carboxylic acids is 1. The first kappa shape index (κ1) is 18.4. The summed E-state index contributed by atoms with van der Waals surface area (Å²) >= 11 is 6.15. The van der Waals surface area contributed by atoms with E-state index < -0.39 is 18.7 Å². The fraction of sp³-hybridized carbons (Fsp3) is 0.389. The van der Waals surface area contributed by atoms with Crippen molar-refractivity contribution in [1.29, 1.82) is 0 Å². The SMILES string of the molecule is C[C@H](NOC1CCCC1)C(=O)OP(=O)(Cl)c1cccc2ccccc12. The third-order valence-corrected chi connectivity index (χ3v) is 6.46. The maximum Gasteiger partial charge on any atom is 0.369 e. The van der Waals surface area contributed by atoms with Gasteiger partial charge in [0.15, 0.2) is 0 Å². The van der Waals surface area contributed by atoms with E-state index in [9.17, 15) is 9.36 Å². The van der Waals surface area contributed by atoms with Crippen molar-refractivity contribution in [2.24, 2.45) is 0 Å². The van der Waals surface area contributed by atoms with Crippen LogP contribution in [0.5, 0.6) is 0 Å². The van der Waals surface area contributed by atoms with Gasteiger partial charge in [0.2, 0.25) is 0 Å². The number of hydrogen-bond donors (Lipinski definition) is 1. The summed E-state index contributed by atoms with van der Waals surface area (Å²) in [4.78, 5) is 17.7. The van der Waals surface area contributed by atoms with E-state index >= 15 is 0 Å². The quantitative estimate of drug-likeness (QED) is 0.597. The lowest BCUT2D eigenvalue weighted by molar-refractivity contribution is -0.142. The Morgan fingerprint density at radius 1 is 1.20 bits per heavy atom. The van der Waals surface area contributed by atoms with Crippen LogP contribution in [0.2, 0.25) is 0 Å². The Morgan fingerprint density at radius 3 is 2.64 bits per heavy atom. The van der Waals surface area contributed by atoms with Crippen molar-refractivity contribution in [3.63, 3.8) is 0 Å². The normalized spacial score (nSPS) is 18.8. The molecule has 0 aromatic heterocycles. The molecule has 2 aromatic carbocycles. The van der Waals surface area contributed by atoms with Crippen LogP contribution in [0.3, 0.4) is 0 Å². The molecule has 25 heavy (non-hydrogen) atoms. The van der Waals surface area contributed by atoms with Crippen LogP contribution in [0.25, 0.3) is 10.8 Å². The molecule has 1 N–H and O–H groups in total. The highest BCUT2D eigenvalue weighted by atomic mass is 35.7. The Kier molecular flexibility index (Phi) is 5.80. The van der Waals surface area contributed by atoms with E-state index in [2.05, 4.69) is 5.48 Å². The second-order valence-electron chi connectivity index (χ2n) is 6.25. The maximum absolute atomic E-state index is 12.9. The van der Waals surface area contributed by atoms with E-state index in [0.717, 1.165) is 31.1 Å². The van der Waals surface area contributed by atoms with Crippen LogP contribution in [-0.2, 0) is 18.7 Å². The fourth-order valence-corrected chi connectivity index (χ4v) is 4.83. The predicted octanol–water partition coefficient (Wildman–Crippen LogP) is 4.29. The summed E-state index contributed by atoms with van der Waals surface area (Å²) in [5.74, 6) is -0.704. The zero-order chi connectivity index (χ0) is 17.9. The fourth-order valence-electron chi connectivity index (χ4n) is 2.94. The van der Waals surface area contributed by atoms with Gasteiger partial charge in [-0.05, 0) is 47.8 Å². The van der Waals surface area contributed by atoms with Gasteiger partial charge in [0.1, 0.15) is 6.04 Å². The molecule has 1 aliphatic carbocycles. The predicted molar refractivity (Wildman–Crippen MR) is 99.1 cm³/mol. The Balaban J connectivity index is 1.69. The second-order valence-corrected chi connectivity index (χ2v) is 9.21. The molecule has 0 spiro atoms. The molecule has 1 unspecified atom stereocenters. The summed E-state index contributed by atoms with van der Waals surface area (Å²) in [5, 5.41) is 1.91. The highest BCUT2D eigenvalue weighted by Crippen LogP contribution is 2.52. The van der Waals surface area contributed by atoms with Gasteiger partial charge in [-0.2, -0.15) is 5.48 Å². The highest BCUT2D eigenvalue weighted by Gasteiger charge is 2.31. The van der Waals surface area contributed by atoms with E-state index in [1.165, 1.54) is 0 Å². The Morgan fingerprint density at radius 2 is 1.88 bits per heavy atom. The van der Waals surface area contributed by atoms with E-state index in [4.69, 9.17) is 20.6 Å². The third kappa shape index (κ3) is 4.42. The molecule has 0 saturated heterocycles. The van der Waals surface area contributed by atoms with Crippen LogP contribution in [-0.4, -0.2) is 18.1 Å². The summed E-state index contributed by atoms with van der Waals surface area (Å²) in [6, 6.07) is 11.9. The van der Waals surface area contributed by atoms with Crippen molar-refractivity contribution in [3.05, 3.63) is 42.5 Å². The molecule has 3 rings (SSSR count). The van der Waals surface area contributed by atoms with Crippen LogP contribution < -0.4 is 10.8 Å². The lowest BCUT2D eigenvalue weighted by atomic mass is 10.1. The van der Waals surface area contributed by atoms with E-state index in [1.54, 1.807) is 25.1 Å². The van der Waals surface area contributed by atoms with Crippen molar-refractivity contribution in [1.82, 2.24) is 5.48 Å². The molecular weight excluding hydrogens is 361 g/mol. The number of fused-ring (bicyclic) bond motifs is 1. The van der Waals surface area contributed by atoms with Gasteiger partial charge >= 0.3 is 12.7 Å². The summed E-state index contributed by atoms with van der Waals surface area (Å²) in [6.07, 6.45) is 4.31. The molecule has 0 heterocycles. The molecule has 2 aromatic rings. The highest BCUT2D eigenvalue weighted by molar-refractivity contribution is 7.92. The molecule has 134 valence electrons. The molecule has 0 aliphatic heterocycles. The van der Waals surface area contributed by atoms with Gasteiger partial charge in [-0.3, -0.25) is 9.40 Å². The van der Waals surface area contributed by atoms with Crippen LogP contribution in [0.1, 0.15) is 32.6 Å². The van der Waals surface area contributed by atoms with Crippen molar-refractivity contribution in [2.45, 2.75) is 44.8 Å². The largest absolute Gasteiger partial charge is 0.396 e. The first-order chi connectivity index (χ1) is 12.0. The number of benzene rings is 2. The number of hydroxylamine groups is 1. The van der Waals surface area contributed by atoms with Gasteiger partial charge in [0.05, 0.1) is 11.4 Å². The number of hydrogen-bond acceptors (Lipinski definition) is 5. The average molecular weight is 382 g/mol. The van der Waals surface area contributed by atoms with Gasteiger partial charge in [-0.1, -0.05) is 49.2 Å². The summed E-state index contributed by atoms with van der Waals surface area (Å²) in [6.45, 7) is -2.23. The zero-order valence-corrected chi connectivity index (χ0v) is 15.6. The van der Waals surface area contributed by atoms with Crippen molar-refractivity contribution in [3.8, 4) is 0 Å². The number of carbonyl (C=O) groups is 1. The lowest BCUT2D eigenvalue weighted by Gasteiger charge is -2.19. The van der Waals surface area contributed by atoms with E-state index in [1.807, 2.05) is 24.3 Å². The Labute approximate surface area is 151 Å². The first-order valence-corrected chi connectivity index (χ1v) is 10.9. The van der Waals surface area contributed by atoms with Crippen LogP contribution in [0.4, 0.5) is 0 Å². The standard InChI is InChI=1S/C18H21ClNO4P/c1-13(20-23-15-9-3-4-10-15)18(21)24-25(19,22)17-12-6-8-14-7-2-5-11-16(14)17/h2,5-8,11-13,15,20H,3-4,9-10H2,1H3/t13-,25?/m0/s1. The zero-order valence-electron chi connectivity index (χ0n) is 14.0. The molecule has 1 saturated carbocycles. The summed E-state index contributed by atoms with van der Waals surface area (Å²) in [5.41, 5.74) is 2.68. The molecule has 0 bridgehead atoms. The molecule has 7 heteroatoms. The monoisotopic (exact) mass is 381 g/mol. The molecule has 2 atom stereocenters. The van der Waals surface area contributed by atoms with Crippen molar-refractivity contribution >= 4 is 40.0 Å². The minimum atomic E-state index is -3.82. The van der Waals surface area contributed by atoms with E-state index in [-0.39, 0.29) is 6.10 Å². The molecule has 1 fully saturated rings. The van der Waals surface area contributed by atoms with Crippen LogP contribution in [0.15, 0.2) is 42.5 Å². The van der Waals surface area contributed by atoms with Gasteiger partial charge in [-0.15, -0.1) is 0 Å². The Bertz CT molecular complexity index is 801. The molecular formula is C18H21ClNO4P. The van der Waals surface area contributed by atoms with Crippen LogP contribution in [0, 0.1) is 0 Å². The molecule has 0 amide bonds. The smallest absolute Gasteiger partial charge is 0.369 e. The summed E-state index contributed by atoms with van der Waals surface area (Å²) < 4.78 is 18.0. The van der Waals surface area contributed by atoms with Gasteiger partial charge in [-0.25, -0.2) is 4.79 Å².